The number of aliphatic hydroxyl groups excluding tert-OH is 7. The number of ether oxygens (including phenoxy) is 6. The number of amides is 2. The van der Waals surface area contributed by atoms with E-state index in [0.29, 0.717) is 13.0 Å². The van der Waals surface area contributed by atoms with E-state index in [1.807, 2.05) is 0 Å². The molecule has 3 rings (SSSR count). The van der Waals surface area contributed by atoms with Crippen LogP contribution < -0.4 is 16.4 Å². The SMILES string of the molecule is CC(=O)N[C@@H]1[C@@H](O[C@H]2[C@@H](O)[C@@H](CO)O[C@H](O[C@@H]3[C@H](O)[C@@H](O)[C@@H](OCCCCCN)O[C@@H]3CO)[C@@H]2NC(C)=O)O[C@@H](C)[C@@H](O)[C@H]1O. The van der Waals surface area contributed by atoms with Crippen LogP contribution in [0.15, 0.2) is 0 Å². The molecule has 18 heteroatoms. The van der Waals surface area contributed by atoms with Crippen molar-refractivity contribution < 1.29 is 73.8 Å². The predicted molar refractivity (Wildman–Crippen MR) is 150 cm³/mol. The smallest absolute Gasteiger partial charge is 0.217 e. The second-order valence-electron chi connectivity index (χ2n) is 11.5. The van der Waals surface area contributed by atoms with Gasteiger partial charge in [-0.15, -0.1) is 0 Å². The molecule has 0 aromatic heterocycles. The maximum atomic E-state index is 12.3. The van der Waals surface area contributed by atoms with Gasteiger partial charge in [0.2, 0.25) is 11.8 Å². The molecule has 262 valence electrons. The summed E-state index contributed by atoms with van der Waals surface area (Å²) in [5.74, 6) is -1.22. The highest BCUT2D eigenvalue weighted by molar-refractivity contribution is 5.73. The fourth-order valence-electron chi connectivity index (χ4n) is 5.56. The Labute approximate surface area is 260 Å². The molecule has 0 unspecified atom stereocenters. The molecule has 0 aromatic rings. The Balaban J connectivity index is 1.85. The Morgan fingerprint density at radius 2 is 1.27 bits per heavy atom. The van der Waals surface area contributed by atoms with E-state index in [-0.39, 0.29) is 6.61 Å². The van der Waals surface area contributed by atoms with Gasteiger partial charge in [-0.1, -0.05) is 0 Å². The van der Waals surface area contributed by atoms with E-state index >= 15 is 0 Å². The van der Waals surface area contributed by atoms with Crippen LogP contribution in [0, 0.1) is 0 Å². The molecule has 0 bridgehead atoms. The molecule has 3 saturated heterocycles. The molecule has 3 heterocycles. The zero-order valence-electron chi connectivity index (χ0n) is 25.6. The van der Waals surface area contributed by atoms with Crippen molar-refractivity contribution in [2.75, 3.05) is 26.4 Å². The van der Waals surface area contributed by atoms with Crippen molar-refractivity contribution in [1.29, 1.82) is 0 Å². The zero-order chi connectivity index (χ0) is 33.4. The van der Waals surface area contributed by atoms with Crippen LogP contribution in [0.25, 0.3) is 0 Å². The number of unbranched alkanes of at least 4 members (excludes halogenated alkanes) is 2. The first-order valence-corrected chi connectivity index (χ1v) is 15.1. The first kappa shape index (κ1) is 37.8. The molecule has 11 N–H and O–H groups in total. The monoisotopic (exact) mass is 655 g/mol. The van der Waals surface area contributed by atoms with Gasteiger partial charge < -0.3 is 80.5 Å². The summed E-state index contributed by atoms with van der Waals surface area (Å²) in [5, 5.41) is 79.0. The number of nitrogens with two attached hydrogens (primary N) is 1. The van der Waals surface area contributed by atoms with Crippen molar-refractivity contribution in [3.8, 4) is 0 Å². The fourth-order valence-corrected chi connectivity index (χ4v) is 5.56. The van der Waals surface area contributed by atoms with E-state index in [4.69, 9.17) is 34.2 Å². The number of carbonyl (C=O) groups excluding carboxylic acids is 2. The molecule has 3 aliphatic heterocycles. The molecular formula is C27H49N3O15. The number of carbonyl (C=O) groups is 2. The Bertz CT molecular complexity index is 934. The van der Waals surface area contributed by atoms with E-state index in [2.05, 4.69) is 10.6 Å². The molecule has 15 atom stereocenters. The normalized spacial score (nSPS) is 42.2. The zero-order valence-corrected chi connectivity index (χ0v) is 25.6. The Morgan fingerprint density at radius 3 is 1.87 bits per heavy atom. The molecule has 18 nitrogen and oxygen atoms in total. The minimum atomic E-state index is -1.69. The lowest BCUT2D eigenvalue weighted by atomic mass is 9.94. The quantitative estimate of drug-likeness (QED) is 0.0783. The number of aliphatic hydroxyl groups is 7. The number of hydrogen-bond donors (Lipinski definition) is 10. The summed E-state index contributed by atoms with van der Waals surface area (Å²) in [6, 6.07) is -2.70. The summed E-state index contributed by atoms with van der Waals surface area (Å²) >= 11 is 0. The van der Waals surface area contributed by atoms with Crippen LogP contribution in [-0.2, 0) is 38.0 Å². The summed E-state index contributed by atoms with van der Waals surface area (Å²) in [6.45, 7) is 3.04. The molecule has 0 aromatic carbocycles. The van der Waals surface area contributed by atoms with Crippen LogP contribution in [0.4, 0.5) is 0 Å². The standard InChI is InChI=1S/C27H49N3O15/c1-11-18(35)20(37)16(29-12(2)33)25(41-11)45-24-17(30-13(3)34)26(42-14(9-31)19(24)36)44-23-15(10-32)43-27(22(39)21(23)38)40-8-6-4-5-7-28/h11,14-27,31-32,35-39H,4-10,28H2,1-3H3,(H,29,33)(H,30,34)/t11-,14+,15+,16-,17+,18+,19-,20-,21+,22+,23-,24+,25+,26+,27-/m0/s1. The lowest BCUT2D eigenvalue weighted by molar-refractivity contribution is -0.359. The first-order valence-electron chi connectivity index (χ1n) is 15.1. The van der Waals surface area contributed by atoms with E-state index < -0.39 is 117 Å². The number of hydrogen-bond acceptors (Lipinski definition) is 16. The minimum Gasteiger partial charge on any atom is -0.394 e. The molecule has 0 aliphatic carbocycles. The van der Waals surface area contributed by atoms with Gasteiger partial charge in [-0.05, 0) is 32.7 Å². The van der Waals surface area contributed by atoms with Crippen molar-refractivity contribution in [3.63, 3.8) is 0 Å². The van der Waals surface area contributed by atoms with Gasteiger partial charge in [-0.25, -0.2) is 0 Å². The Hall–Kier alpha value is -1.62. The molecule has 3 fully saturated rings. The number of rotatable bonds is 14. The molecule has 2 amide bonds. The lowest BCUT2D eigenvalue weighted by Gasteiger charge is -2.49. The predicted octanol–water partition coefficient (Wildman–Crippen LogP) is -5.10. The maximum Gasteiger partial charge on any atom is 0.217 e. The van der Waals surface area contributed by atoms with Crippen LogP contribution >= 0.6 is 0 Å². The summed E-state index contributed by atoms with van der Waals surface area (Å²) in [6.07, 6.45) is -16.7. The molecular weight excluding hydrogens is 606 g/mol. The fraction of sp³-hybridized carbons (Fsp3) is 0.926. The van der Waals surface area contributed by atoms with Gasteiger partial charge in [0, 0.05) is 20.5 Å². The van der Waals surface area contributed by atoms with E-state index in [9.17, 15) is 45.3 Å². The summed E-state index contributed by atoms with van der Waals surface area (Å²) < 4.78 is 34.7. The highest BCUT2D eigenvalue weighted by atomic mass is 16.7. The molecule has 3 aliphatic rings. The molecule has 0 radical (unpaired) electrons. The number of nitrogens with one attached hydrogen (secondary N) is 2. The maximum absolute atomic E-state index is 12.3. The third-order valence-corrected chi connectivity index (χ3v) is 7.97. The lowest BCUT2D eigenvalue weighted by Crippen LogP contribution is -2.70. The average molecular weight is 656 g/mol. The van der Waals surface area contributed by atoms with Gasteiger partial charge in [0.25, 0.3) is 0 Å². The highest BCUT2D eigenvalue weighted by Gasteiger charge is 2.54. The summed E-state index contributed by atoms with van der Waals surface area (Å²) in [5.41, 5.74) is 5.49. The second kappa shape index (κ2) is 17.5. The third kappa shape index (κ3) is 9.48. The van der Waals surface area contributed by atoms with Gasteiger partial charge >= 0.3 is 0 Å². The average Bonchev–Trinajstić information content (AvgIpc) is 2.99. The van der Waals surface area contributed by atoms with Crippen molar-refractivity contribution in [3.05, 3.63) is 0 Å². The van der Waals surface area contributed by atoms with Crippen LogP contribution in [0.5, 0.6) is 0 Å². The Morgan fingerprint density at radius 1 is 0.689 bits per heavy atom. The summed E-state index contributed by atoms with van der Waals surface area (Å²) in [7, 11) is 0. The third-order valence-electron chi connectivity index (χ3n) is 7.97. The van der Waals surface area contributed by atoms with E-state index in [0.717, 1.165) is 19.8 Å². The molecule has 0 spiro atoms. The van der Waals surface area contributed by atoms with Crippen molar-refractivity contribution in [1.82, 2.24) is 10.6 Å². The van der Waals surface area contributed by atoms with Crippen molar-refractivity contribution in [2.45, 2.75) is 132 Å². The summed E-state index contributed by atoms with van der Waals surface area (Å²) in [4.78, 5) is 24.2. The highest BCUT2D eigenvalue weighted by Crippen LogP contribution is 2.33. The Kier molecular flexibility index (Phi) is 14.7. The van der Waals surface area contributed by atoms with Crippen LogP contribution in [0.3, 0.4) is 0 Å². The van der Waals surface area contributed by atoms with Crippen LogP contribution in [-0.4, -0.2) is 166 Å². The van der Waals surface area contributed by atoms with Gasteiger partial charge in [-0.3, -0.25) is 9.59 Å². The first-order chi connectivity index (χ1) is 21.3. The van der Waals surface area contributed by atoms with Crippen LogP contribution in [0.1, 0.15) is 40.0 Å². The van der Waals surface area contributed by atoms with Gasteiger partial charge in [0.05, 0.1) is 19.3 Å². The van der Waals surface area contributed by atoms with Gasteiger partial charge in [0.15, 0.2) is 18.9 Å². The van der Waals surface area contributed by atoms with E-state index in [1.54, 1.807) is 0 Å². The van der Waals surface area contributed by atoms with Crippen molar-refractivity contribution >= 4 is 11.8 Å². The minimum absolute atomic E-state index is 0.191. The molecule has 45 heavy (non-hydrogen) atoms. The topological polar surface area (TPSA) is 281 Å². The van der Waals surface area contributed by atoms with Gasteiger partial charge in [0.1, 0.15) is 67.0 Å². The molecule has 0 saturated carbocycles. The van der Waals surface area contributed by atoms with Crippen molar-refractivity contribution in [2.24, 2.45) is 5.73 Å². The largest absolute Gasteiger partial charge is 0.394 e. The van der Waals surface area contributed by atoms with Gasteiger partial charge in [-0.2, -0.15) is 0 Å². The second-order valence-corrected chi connectivity index (χ2v) is 11.5. The van der Waals surface area contributed by atoms with Crippen LogP contribution in [0.2, 0.25) is 0 Å². The van der Waals surface area contributed by atoms with E-state index in [1.165, 1.54) is 13.8 Å².